The van der Waals surface area contributed by atoms with Crippen LogP contribution in [0, 0.1) is 0 Å². The SMILES string of the molecule is C1=CC(CCc2cccc3c2Cc2ccccc2-3)c2ccccc21.[Hf]. The molecule has 3 aromatic rings. The zero-order valence-corrected chi connectivity index (χ0v) is 17.8. The topological polar surface area (TPSA) is 0 Å². The van der Waals surface area contributed by atoms with Crippen LogP contribution in [-0.4, -0.2) is 0 Å². The zero-order valence-electron chi connectivity index (χ0n) is 14.2. The summed E-state index contributed by atoms with van der Waals surface area (Å²) < 4.78 is 0. The Morgan fingerprint density at radius 2 is 1.60 bits per heavy atom. The Kier molecular flexibility index (Phi) is 4.60. The molecule has 0 N–H and O–H groups in total. The molecule has 2 aliphatic rings. The minimum absolute atomic E-state index is 0. The van der Waals surface area contributed by atoms with Crippen molar-refractivity contribution in [3.63, 3.8) is 0 Å². The third-order valence-corrected chi connectivity index (χ3v) is 5.58. The number of hydrogen-bond donors (Lipinski definition) is 0. The molecule has 0 amide bonds. The second-order valence-electron chi connectivity index (χ2n) is 6.91. The van der Waals surface area contributed by atoms with E-state index in [1.165, 1.54) is 39.8 Å². The number of allylic oxidation sites excluding steroid dienone is 1. The fraction of sp³-hybridized carbons (Fsp3) is 0.167. The molecule has 0 nitrogen and oxygen atoms in total. The van der Waals surface area contributed by atoms with E-state index in [0.717, 1.165) is 12.8 Å². The standard InChI is InChI=1S/C24H20.Hf/c1-3-9-21-17(6-1)12-14-19(21)15-13-18-8-5-11-23-22-10-4-2-7-20(22)16-24(18)23;/h1-12,14,19H,13,15-16H2;. The molecule has 0 fully saturated rings. The normalized spacial score (nSPS) is 16.1. The molecule has 0 spiro atoms. The smallest absolute Gasteiger partial charge is 0.00303 e. The number of rotatable bonds is 3. The zero-order chi connectivity index (χ0) is 15.9. The summed E-state index contributed by atoms with van der Waals surface area (Å²) in [6, 6.07) is 24.5. The number of fused-ring (bicyclic) bond motifs is 4. The van der Waals surface area contributed by atoms with Crippen LogP contribution in [0.25, 0.3) is 17.2 Å². The van der Waals surface area contributed by atoms with Crippen molar-refractivity contribution in [2.75, 3.05) is 0 Å². The van der Waals surface area contributed by atoms with E-state index in [-0.39, 0.29) is 25.8 Å². The summed E-state index contributed by atoms with van der Waals surface area (Å²) in [7, 11) is 0. The van der Waals surface area contributed by atoms with Gasteiger partial charge >= 0.3 is 0 Å². The maximum Gasteiger partial charge on any atom is 0.00303 e. The van der Waals surface area contributed by atoms with Crippen molar-refractivity contribution < 1.29 is 25.8 Å². The van der Waals surface area contributed by atoms with Crippen LogP contribution in [0.1, 0.15) is 40.2 Å². The van der Waals surface area contributed by atoms with Crippen molar-refractivity contribution in [2.45, 2.75) is 25.2 Å². The van der Waals surface area contributed by atoms with Crippen molar-refractivity contribution in [3.05, 3.63) is 101 Å². The van der Waals surface area contributed by atoms with Gasteiger partial charge in [-0.05, 0) is 58.2 Å². The van der Waals surface area contributed by atoms with Gasteiger partial charge < -0.3 is 0 Å². The molecule has 1 atom stereocenters. The minimum atomic E-state index is 0. The van der Waals surface area contributed by atoms with Gasteiger partial charge in [0.15, 0.2) is 0 Å². The Labute approximate surface area is 168 Å². The quantitative estimate of drug-likeness (QED) is 0.312. The molecule has 0 saturated heterocycles. The van der Waals surface area contributed by atoms with Crippen molar-refractivity contribution in [1.29, 1.82) is 0 Å². The predicted molar refractivity (Wildman–Crippen MR) is 101 cm³/mol. The van der Waals surface area contributed by atoms with Gasteiger partial charge in [0.1, 0.15) is 0 Å². The van der Waals surface area contributed by atoms with Crippen LogP contribution in [0.2, 0.25) is 0 Å². The fourth-order valence-corrected chi connectivity index (χ4v) is 4.34. The van der Waals surface area contributed by atoms with Crippen LogP contribution in [0.3, 0.4) is 0 Å². The fourth-order valence-electron chi connectivity index (χ4n) is 4.34. The molecule has 1 unspecified atom stereocenters. The third kappa shape index (κ3) is 2.89. The van der Waals surface area contributed by atoms with Gasteiger partial charge in [-0.1, -0.05) is 78.9 Å². The number of benzene rings is 3. The van der Waals surface area contributed by atoms with Gasteiger partial charge in [0.25, 0.3) is 0 Å². The predicted octanol–water partition coefficient (Wildman–Crippen LogP) is 6.00. The molecule has 120 valence electrons. The first-order valence-electron chi connectivity index (χ1n) is 8.86. The first-order chi connectivity index (χ1) is 11.9. The Morgan fingerprint density at radius 1 is 0.800 bits per heavy atom. The summed E-state index contributed by atoms with van der Waals surface area (Å²) in [6.07, 6.45) is 8.10. The van der Waals surface area contributed by atoms with Crippen LogP contribution in [0.4, 0.5) is 0 Å². The van der Waals surface area contributed by atoms with Crippen molar-refractivity contribution >= 4 is 6.08 Å². The van der Waals surface area contributed by atoms with Gasteiger partial charge in [-0.25, -0.2) is 0 Å². The van der Waals surface area contributed by atoms with E-state index >= 15 is 0 Å². The molecular weight excluding hydrogens is 467 g/mol. The molecule has 0 aromatic heterocycles. The van der Waals surface area contributed by atoms with Gasteiger partial charge in [0, 0.05) is 31.8 Å². The molecule has 0 aliphatic heterocycles. The summed E-state index contributed by atoms with van der Waals surface area (Å²) in [5, 5.41) is 0. The van der Waals surface area contributed by atoms with Crippen LogP contribution >= 0.6 is 0 Å². The Bertz CT molecular complexity index is 952. The molecule has 5 rings (SSSR count). The summed E-state index contributed by atoms with van der Waals surface area (Å²) >= 11 is 0. The van der Waals surface area contributed by atoms with Crippen LogP contribution in [-0.2, 0) is 38.7 Å². The van der Waals surface area contributed by atoms with E-state index in [0.29, 0.717) is 5.92 Å². The Morgan fingerprint density at radius 3 is 2.56 bits per heavy atom. The first kappa shape index (κ1) is 16.7. The molecule has 1 heteroatoms. The van der Waals surface area contributed by atoms with Gasteiger partial charge in [-0.15, -0.1) is 0 Å². The van der Waals surface area contributed by atoms with Crippen LogP contribution < -0.4 is 0 Å². The van der Waals surface area contributed by atoms with Crippen LogP contribution in [0.15, 0.2) is 72.8 Å². The average molecular weight is 487 g/mol. The van der Waals surface area contributed by atoms with Crippen molar-refractivity contribution in [1.82, 2.24) is 0 Å². The van der Waals surface area contributed by atoms with E-state index in [1.54, 1.807) is 5.56 Å². The molecule has 2 aliphatic carbocycles. The monoisotopic (exact) mass is 488 g/mol. The third-order valence-electron chi connectivity index (χ3n) is 5.58. The van der Waals surface area contributed by atoms with E-state index in [1.807, 2.05) is 0 Å². The largest absolute Gasteiger partial charge is 0.0764 e. The number of aryl methyl sites for hydroxylation is 1. The average Bonchev–Trinajstić information content (AvgIpc) is 3.21. The molecule has 0 heterocycles. The summed E-state index contributed by atoms with van der Waals surface area (Å²) in [5.41, 5.74) is 10.3. The Hall–Kier alpha value is -1.73. The minimum Gasteiger partial charge on any atom is -0.0764 e. The summed E-state index contributed by atoms with van der Waals surface area (Å²) in [5.74, 6) is 0.570. The molecule has 25 heavy (non-hydrogen) atoms. The summed E-state index contributed by atoms with van der Waals surface area (Å²) in [6.45, 7) is 0. The second-order valence-corrected chi connectivity index (χ2v) is 6.91. The Balaban J connectivity index is 0.00000157. The van der Waals surface area contributed by atoms with Gasteiger partial charge in [-0.2, -0.15) is 0 Å². The van der Waals surface area contributed by atoms with Gasteiger partial charge in [0.2, 0.25) is 0 Å². The maximum atomic E-state index is 2.38. The molecule has 0 bridgehead atoms. The molecular formula is C24H20Hf. The maximum absolute atomic E-state index is 2.38. The van der Waals surface area contributed by atoms with E-state index in [9.17, 15) is 0 Å². The van der Waals surface area contributed by atoms with E-state index in [2.05, 4.69) is 78.9 Å². The van der Waals surface area contributed by atoms with E-state index < -0.39 is 0 Å². The van der Waals surface area contributed by atoms with E-state index in [4.69, 9.17) is 0 Å². The van der Waals surface area contributed by atoms with Crippen molar-refractivity contribution in [3.8, 4) is 11.1 Å². The van der Waals surface area contributed by atoms with Gasteiger partial charge in [0.05, 0.1) is 0 Å². The molecule has 0 radical (unpaired) electrons. The second kappa shape index (κ2) is 6.88. The first-order valence-corrected chi connectivity index (χ1v) is 8.86. The van der Waals surface area contributed by atoms with Gasteiger partial charge in [-0.3, -0.25) is 0 Å². The summed E-state index contributed by atoms with van der Waals surface area (Å²) in [4.78, 5) is 0. The van der Waals surface area contributed by atoms with Crippen LogP contribution in [0.5, 0.6) is 0 Å². The molecule has 0 saturated carbocycles. The molecule has 3 aromatic carbocycles. The number of hydrogen-bond acceptors (Lipinski definition) is 0. The van der Waals surface area contributed by atoms with Crippen molar-refractivity contribution in [2.24, 2.45) is 0 Å².